The maximum absolute atomic E-state index is 13.3. The van der Waals surface area contributed by atoms with Gasteiger partial charge in [-0.05, 0) is 60.8 Å². The quantitative estimate of drug-likeness (QED) is 0.231. The van der Waals surface area contributed by atoms with E-state index in [1.165, 1.54) is 11.8 Å². The van der Waals surface area contributed by atoms with Crippen LogP contribution >= 0.6 is 35.3 Å². The summed E-state index contributed by atoms with van der Waals surface area (Å²) in [6.45, 7) is 2.53. The molecule has 1 aliphatic rings. The molecule has 33 heavy (non-hydrogen) atoms. The fraction of sp³-hybridized carbons (Fsp3) is 0.0800. The Labute approximate surface area is 205 Å². The van der Waals surface area contributed by atoms with Crippen molar-refractivity contribution < 1.29 is 9.53 Å². The van der Waals surface area contributed by atoms with Gasteiger partial charge in [0.05, 0.1) is 27.8 Å². The van der Waals surface area contributed by atoms with Gasteiger partial charge in [0.1, 0.15) is 11.4 Å². The van der Waals surface area contributed by atoms with E-state index in [4.69, 9.17) is 22.1 Å². The predicted molar refractivity (Wildman–Crippen MR) is 140 cm³/mol. The zero-order valence-electron chi connectivity index (χ0n) is 17.7. The third kappa shape index (κ3) is 4.37. The highest BCUT2D eigenvalue weighted by atomic mass is 32.2. The molecule has 4 aromatic rings. The molecule has 0 aliphatic carbocycles. The van der Waals surface area contributed by atoms with Gasteiger partial charge in [0, 0.05) is 11.8 Å². The largest absolute Gasteiger partial charge is 0.494 e. The molecule has 0 N–H and O–H groups in total. The van der Waals surface area contributed by atoms with Gasteiger partial charge in [-0.2, -0.15) is 5.10 Å². The topological polar surface area (TPSA) is 47.4 Å². The second kappa shape index (κ2) is 9.35. The van der Waals surface area contributed by atoms with Crippen LogP contribution in [0.5, 0.6) is 5.75 Å². The third-order valence-electron chi connectivity index (χ3n) is 5.00. The number of thiophene rings is 1. The SMILES string of the molecule is CCOc1ccc(N2C(=O)/C(=C/c3cn(-c4ccccc4)nc3-c3cccs3)SC2=S)cc1. The number of hydrogen-bond donors (Lipinski definition) is 0. The average molecular weight is 490 g/mol. The molecule has 2 aromatic heterocycles. The van der Waals surface area contributed by atoms with Gasteiger partial charge >= 0.3 is 0 Å². The lowest BCUT2D eigenvalue weighted by molar-refractivity contribution is -0.113. The first-order valence-electron chi connectivity index (χ1n) is 10.3. The van der Waals surface area contributed by atoms with Crippen LogP contribution in [-0.4, -0.2) is 26.6 Å². The van der Waals surface area contributed by atoms with Crippen molar-refractivity contribution in [2.75, 3.05) is 11.5 Å². The Morgan fingerprint density at radius 1 is 1.03 bits per heavy atom. The minimum atomic E-state index is -0.140. The van der Waals surface area contributed by atoms with Crippen molar-refractivity contribution in [3.8, 4) is 22.0 Å². The fourth-order valence-corrected chi connectivity index (χ4v) is 5.52. The van der Waals surface area contributed by atoms with Crippen LogP contribution in [0.15, 0.2) is 83.2 Å². The molecule has 8 heteroatoms. The monoisotopic (exact) mass is 489 g/mol. The minimum Gasteiger partial charge on any atom is -0.494 e. The van der Waals surface area contributed by atoms with Crippen LogP contribution in [0.4, 0.5) is 5.69 Å². The second-order valence-corrected chi connectivity index (χ2v) is 9.76. The van der Waals surface area contributed by atoms with Gasteiger partial charge < -0.3 is 4.74 Å². The number of nitrogens with zero attached hydrogens (tertiary/aromatic N) is 3. The summed E-state index contributed by atoms with van der Waals surface area (Å²) in [7, 11) is 0. The fourth-order valence-electron chi connectivity index (χ4n) is 3.50. The molecule has 1 amide bonds. The molecule has 3 heterocycles. The number of ether oxygens (including phenoxy) is 1. The van der Waals surface area contributed by atoms with Gasteiger partial charge in [-0.1, -0.05) is 48.2 Å². The zero-order valence-corrected chi connectivity index (χ0v) is 20.1. The Morgan fingerprint density at radius 2 is 1.82 bits per heavy atom. The number of aromatic nitrogens is 2. The Balaban J connectivity index is 1.50. The van der Waals surface area contributed by atoms with Gasteiger partial charge in [-0.3, -0.25) is 9.69 Å². The van der Waals surface area contributed by atoms with Gasteiger partial charge in [-0.15, -0.1) is 11.3 Å². The van der Waals surface area contributed by atoms with Crippen LogP contribution in [0, 0.1) is 0 Å². The molecule has 5 nitrogen and oxygen atoms in total. The van der Waals surface area contributed by atoms with Crippen molar-refractivity contribution in [2.24, 2.45) is 0 Å². The molecular formula is C25H19N3O2S3. The number of carbonyl (C=O) groups excluding carboxylic acids is 1. The Bertz CT molecular complexity index is 1330. The van der Waals surface area contributed by atoms with Crippen molar-refractivity contribution >= 4 is 57.3 Å². The Morgan fingerprint density at radius 3 is 2.52 bits per heavy atom. The molecular weight excluding hydrogens is 470 g/mol. The zero-order chi connectivity index (χ0) is 22.8. The summed E-state index contributed by atoms with van der Waals surface area (Å²) in [5.74, 6) is 0.620. The molecule has 0 atom stereocenters. The van der Waals surface area contributed by atoms with Crippen LogP contribution < -0.4 is 9.64 Å². The highest BCUT2D eigenvalue weighted by Crippen LogP contribution is 2.38. The number of thiocarbonyl (C=S) groups is 1. The molecule has 0 radical (unpaired) electrons. The van der Waals surface area contributed by atoms with Crippen molar-refractivity contribution in [3.63, 3.8) is 0 Å². The molecule has 164 valence electrons. The third-order valence-corrected chi connectivity index (χ3v) is 7.18. The first kappa shape index (κ1) is 21.6. The van der Waals surface area contributed by atoms with Crippen molar-refractivity contribution in [1.29, 1.82) is 0 Å². The van der Waals surface area contributed by atoms with Crippen LogP contribution in [0.1, 0.15) is 12.5 Å². The first-order chi connectivity index (χ1) is 16.1. The van der Waals surface area contributed by atoms with E-state index in [0.717, 1.165) is 33.3 Å². The molecule has 1 fully saturated rings. The van der Waals surface area contributed by atoms with Crippen LogP contribution in [0.25, 0.3) is 22.3 Å². The molecule has 1 aliphatic heterocycles. The number of para-hydroxylation sites is 1. The number of benzene rings is 2. The lowest BCUT2D eigenvalue weighted by atomic mass is 10.2. The van der Waals surface area contributed by atoms with E-state index in [1.54, 1.807) is 16.2 Å². The summed E-state index contributed by atoms with van der Waals surface area (Å²) in [6.07, 6.45) is 3.84. The van der Waals surface area contributed by atoms with Gasteiger partial charge in [-0.25, -0.2) is 4.68 Å². The summed E-state index contributed by atoms with van der Waals surface area (Å²) in [5.41, 5.74) is 3.38. The summed E-state index contributed by atoms with van der Waals surface area (Å²) in [5, 5.41) is 6.83. The number of anilines is 1. The molecule has 0 unspecified atom stereocenters. The van der Waals surface area contributed by atoms with E-state index in [2.05, 4.69) is 0 Å². The van der Waals surface area contributed by atoms with Gasteiger partial charge in [0.2, 0.25) is 0 Å². The smallest absolute Gasteiger partial charge is 0.270 e. The number of amides is 1. The maximum Gasteiger partial charge on any atom is 0.270 e. The molecule has 0 saturated carbocycles. The highest BCUT2D eigenvalue weighted by molar-refractivity contribution is 8.27. The van der Waals surface area contributed by atoms with E-state index in [-0.39, 0.29) is 5.91 Å². The first-order valence-corrected chi connectivity index (χ1v) is 12.4. The molecule has 0 spiro atoms. The standard InChI is InChI=1S/C25H19N3O2S3/c1-2-30-20-12-10-19(11-13-20)28-24(29)22(33-25(28)31)15-17-16-27(18-7-4-3-5-8-18)26-23(17)21-9-6-14-32-21/h3-16H,2H2,1H3/b22-15-. The van der Waals surface area contributed by atoms with Gasteiger partial charge in [0.15, 0.2) is 4.32 Å². The van der Waals surface area contributed by atoms with E-state index < -0.39 is 0 Å². The number of thioether (sulfide) groups is 1. The molecule has 0 bridgehead atoms. The number of hydrogen-bond acceptors (Lipinski definition) is 6. The van der Waals surface area contributed by atoms with Gasteiger partial charge in [0.25, 0.3) is 5.91 Å². The molecule has 5 rings (SSSR count). The number of rotatable bonds is 6. The average Bonchev–Trinajstić information content (AvgIpc) is 3.56. The Kier molecular flexibility index (Phi) is 6.13. The lowest BCUT2D eigenvalue weighted by Gasteiger charge is -2.15. The summed E-state index contributed by atoms with van der Waals surface area (Å²) >= 11 is 8.47. The van der Waals surface area contributed by atoms with E-state index in [9.17, 15) is 4.79 Å². The van der Waals surface area contributed by atoms with Crippen LogP contribution in [-0.2, 0) is 4.79 Å². The summed E-state index contributed by atoms with van der Waals surface area (Å²) < 4.78 is 7.85. The van der Waals surface area contributed by atoms with E-state index in [0.29, 0.717) is 15.8 Å². The molecule has 1 saturated heterocycles. The maximum atomic E-state index is 13.3. The predicted octanol–water partition coefficient (Wildman–Crippen LogP) is 6.41. The lowest BCUT2D eigenvalue weighted by Crippen LogP contribution is -2.27. The minimum absolute atomic E-state index is 0.140. The summed E-state index contributed by atoms with van der Waals surface area (Å²) in [6, 6.07) is 21.3. The molecule has 2 aromatic carbocycles. The number of carbonyl (C=O) groups is 1. The highest BCUT2D eigenvalue weighted by Gasteiger charge is 2.33. The second-order valence-electron chi connectivity index (χ2n) is 7.13. The van der Waals surface area contributed by atoms with Crippen molar-refractivity contribution in [3.05, 3.63) is 88.8 Å². The van der Waals surface area contributed by atoms with Crippen LogP contribution in [0.3, 0.4) is 0 Å². The Hall–Kier alpha value is -3.20. The van der Waals surface area contributed by atoms with E-state index >= 15 is 0 Å². The van der Waals surface area contributed by atoms with Crippen molar-refractivity contribution in [2.45, 2.75) is 6.92 Å². The van der Waals surface area contributed by atoms with E-state index in [1.807, 2.05) is 96.0 Å². The van der Waals surface area contributed by atoms with Crippen molar-refractivity contribution in [1.82, 2.24) is 9.78 Å². The normalized spacial score (nSPS) is 14.9. The summed E-state index contributed by atoms with van der Waals surface area (Å²) in [4.78, 5) is 16.5. The van der Waals surface area contributed by atoms with Crippen LogP contribution in [0.2, 0.25) is 0 Å².